The number of aromatic nitrogens is 1. The van der Waals surface area contributed by atoms with E-state index >= 15 is 0 Å². The average molecular weight is 393 g/mol. The number of hydrogen-bond acceptors (Lipinski definition) is 8. The molecule has 0 aromatic carbocycles. The number of furan rings is 1. The number of aliphatic carboxylic acids is 2. The molecular weight excluding hydrogens is 374 g/mol. The maximum absolute atomic E-state index is 12.2. The summed E-state index contributed by atoms with van der Waals surface area (Å²) in [5.74, 6) is -2.83. The maximum Gasteiger partial charge on any atom is 0.414 e. The smallest absolute Gasteiger partial charge is 0.414 e. The first-order valence-electron chi connectivity index (χ1n) is 8.25. The molecule has 28 heavy (non-hydrogen) atoms. The second-order valence-corrected chi connectivity index (χ2v) is 5.90. The number of piperazine rings is 1. The molecule has 150 valence electrons. The zero-order valence-corrected chi connectivity index (χ0v) is 15.0. The molecule has 1 aliphatic heterocycles. The molecule has 2 aromatic heterocycles. The Morgan fingerprint density at radius 3 is 2.21 bits per heavy atom. The van der Waals surface area contributed by atoms with Gasteiger partial charge in [0, 0.05) is 32.2 Å². The summed E-state index contributed by atoms with van der Waals surface area (Å²) >= 11 is 0. The van der Waals surface area contributed by atoms with Gasteiger partial charge in [0.15, 0.2) is 11.5 Å². The number of carboxylic acids is 2. The Labute approximate surface area is 159 Å². The molecule has 0 radical (unpaired) electrons. The Morgan fingerprint density at radius 2 is 1.75 bits per heavy atom. The number of nitrogens with zero attached hydrogens (tertiary/aromatic N) is 3. The number of rotatable bonds is 4. The molecule has 1 aliphatic rings. The van der Waals surface area contributed by atoms with Crippen molar-refractivity contribution < 1.29 is 38.3 Å². The minimum atomic E-state index is -1.82. The van der Waals surface area contributed by atoms with Crippen molar-refractivity contribution in [2.45, 2.75) is 6.92 Å². The molecule has 2 aromatic rings. The van der Waals surface area contributed by atoms with Crippen molar-refractivity contribution in [1.29, 1.82) is 0 Å². The van der Waals surface area contributed by atoms with Gasteiger partial charge in [0.2, 0.25) is 5.78 Å². The molecule has 0 atom stereocenters. The van der Waals surface area contributed by atoms with Gasteiger partial charge in [-0.1, -0.05) is 5.16 Å². The number of hydrogen-bond donors (Lipinski definition) is 2. The lowest BCUT2D eigenvalue weighted by atomic mass is 10.2. The molecule has 11 heteroatoms. The Hall–Kier alpha value is -3.47. The number of Topliss-reactive ketones (excluding diaryl/α,β-unsaturated/α-hetero) is 1. The molecule has 2 N–H and O–H groups in total. The third kappa shape index (κ3) is 5.77. The van der Waals surface area contributed by atoms with Crippen LogP contribution in [0.5, 0.6) is 0 Å². The average Bonchev–Trinajstić information content (AvgIpc) is 3.34. The summed E-state index contributed by atoms with van der Waals surface area (Å²) in [6, 6.07) is 4.99. The second kappa shape index (κ2) is 9.46. The number of carbonyl (C=O) groups excluding carboxylic acids is 2. The highest BCUT2D eigenvalue weighted by atomic mass is 16.5. The third-order valence-electron chi connectivity index (χ3n) is 3.85. The Morgan fingerprint density at radius 1 is 1.11 bits per heavy atom. The molecule has 1 saturated heterocycles. The fourth-order valence-electron chi connectivity index (χ4n) is 2.46. The Kier molecular flexibility index (Phi) is 7.04. The van der Waals surface area contributed by atoms with Crippen LogP contribution >= 0.6 is 0 Å². The molecule has 1 amide bonds. The highest BCUT2D eigenvalue weighted by Gasteiger charge is 2.25. The van der Waals surface area contributed by atoms with Gasteiger partial charge in [-0.3, -0.25) is 14.5 Å². The molecule has 11 nitrogen and oxygen atoms in total. The second-order valence-electron chi connectivity index (χ2n) is 5.90. The van der Waals surface area contributed by atoms with Crippen molar-refractivity contribution in [3.8, 4) is 0 Å². The van der Waals surface area contributed by atoms with E-state index in [2.05, 4.69) is 5.16 Å². The van der Waals surface area contributed by atoms with Crippen molar-refractivity contribution >= 4 is 23.6 Å². The molecule has 0 bridgehead atoms. The van der Waals surface area contributed by atoms with Crippen molar-refractivity contribution in [3.05, 3.63) is 41.7 Å². The normalized spacial score (nSPS) is 14.1. The monoisotopic (exact) mass is 393 g/mol. The lowest BCUT2D eigenvalue weighted by Crippen LogP contribution is -2.50. The molecule has 0 saturated carbocycles. The van der Waals surface area contributed by atoms with Gasteiger partial charge in [0.25, 0.3) is 5.91 Å². The largest absolute Gasteiger partial charge is 0.473 e. The lowest BCUT2D eigenvalue weighted by molar-refractivity contribution is -0.159. The first-order chi connectivity index (χ1) is 13.3. The van der Waals surface area contributed by atoms with Crippen LogP contribution in [0, 0.1) is 6.92 Å². The molecule has 3 rings (SSSR count). The van der Waals surface area contributed by atoms with Gasteiger partial charge in [-0.05, 0) is 19.1 Å². The van der Waals surface area contributed by atoms with Crippen LogP contribution in [-0.4, -0.2) is 81.5 Å². The fourth-order valence-corrected chi connectivity index (χ4v) is 2.46. The van der Waals surface area contributed by atoms with E-state index in [1.807, 2.05) is 4.90 Å². The van der Waals surface area contributed by atoms with Gasteiger partial charge in [-0.15, -0.1) is 0 Å². The fraction of sp³-hybridized carbons (Fsp3) is 0.353. The minimum absolute atomic E-state index is 0.0445. The summed E-state index contributed by atoms with van der Waals surface area (Å²) in [5, 5.41) is 18.5. The van der Waals surface area contributed by atoms with E-state index in [0.717, 1.165) is 0 Å². The number of carboxylic acid groups (broad SMARTS) is 2. The van der Waals surface area contributed by atoms with E-state index in [1.165, 1.54) is 6.26 Å². The lowest BCUT2D eigenvalue weighted by Gasteiger charge is -2.33. The highest BCUT2D eigenvalue weighted by Crippen LogP contribution is 2.10. The van der Waals surface area contributed by atoms with E-state index in [0.29, 0.717) is 49.9 Å². The predicted octanol–water partition coefficient (Wildman–Crippen LogP) is 0.372. The Balaban J connectivity index is 0.000000409. The number of aryl methyl sites for hydroxylation is 1. The standard InChI is InChI=1S/C15H17N3O4.C2H2O4/c1-11-9-12(16-22-11)15(20)18-6-4-17(5-7-18)10-13(19)14-3-2-8-21-14;3-1(4)2(5)6/h2-3,8-9H,4-7,10H2,1H3;(H,3,4)(H,5,6). The SMILES string of the molecule is Cc1cc(C(=O)N2CCN(CC(=O)c3ccco3)CC2)no1.O=C(O)C(=O)O. The number of ketones is 1. The van der Waals surface area contributed by atoms with Crippen LogP contribution < -0.4 is 0 Å². The first-order valence-corrected chi connectivity index (χ1v) is 8.25. The van der Waals surface area contributed by atoms with Crippen LogP contribution in [0.2, 0.25) is 0 Å². The summed E-state index contributed by atoms with van der Waals surface area (Å²) < 4.78 is 10.0. The zero-order chi connectivity index (χ0) is 20.7. The molecule has 0 unspecified atom stereocenters. The van der Waals surface area contributed by atoms with E-state index < -0.39 is 11.9 Å². The van der Waals surface area contributed by atoms with E-state index in [4.69, 9.17) is 28.7 Å². The van der Waals surface area contributed by atoms with Crippen LogP contribution in [0.4, 0.5) is 0 Å². The van der Waals surface area contributed by atoms with Crippen LogP contribution in [0.15, 0.2) is 33.4 Å². The van der Waals surface area contributed by atoms with E-state index in [1.54, 1.807) is 30.0 Å². The van der Waals surface area contributed by atoms with Crippen molar-refractivity contribution in [3.63, 3.8) is 0 Å². The first kappa shape index (κ1) is 20.8. The summed E-state index contributed by atoms with van der Waals surface area (Å²) in [6.45, 7) is 4.48. The quantitative estimate of drug-likeness (QED) is 0.550. The van der Waals surface area contributed by atoms with Gasteiger partial charge in [-0.2, -0.15) is 0 Å². The predicted molar refractivity (Wildman–Crippen MR) is 91.9 cm³/mol. The van der Waals surface area contributed by atoms with Crippen molar-refractivity contribution in [2.24, 2.45) is 0 Å². The van der Waals surface area contributed by atoms with Gasteiger partial charge in [0.05, 0.1) is 12.8 Å². The summed E-state index contributed by atoms with van der Waals surface area (Å²) in [7, 11) is 0. The third-order valence-corrected chi connectivity index (χ3v) is 3.85. The minimum Gasteiger partial charge on any atom is -0.473 e. The van der Waals surface area contributed by atoms with Crippen molar-refractivity contribution in [2.75, 3.05) is 32.7 Å². The van der Waals surface area contributed by atoms with E-state index in [9.17, 15) is 9.59 Å². The molecule has 1 fully saturated rings. The number of carbonyl (C=O) groups is 4. The van der Waals surface area contributed by atoms with Gasteiger partial charge < -0.3 is 24.1 Å². The summed E-state index contributed by atoms with van der Waals surface area (Å²) in [4.78, 5) is 46.1. The topological polar surface area (TPSA) is 154 Å². The highest BCUT2D eigenvalue weighted by molar-refractivity contribution is 6.27. The van der Waals surface area contributed by atoms with Crippen molar-refractivity contribution in [1.82, 2.24) is 15.0 Å². The van der Waals surface area contributed by atoms with Gasteiger partial charge >= 0.3 is 11.9 Å². The zero-order valence-electron chi connectivity index (χ0n) is 15.0. The van der Waals surface area contributed by atoms with Crippen LogP contribution in [0.25, 0.3) is 0 Å². The molecule has 0 aliphatic carbocycles. The summed E-state index contributed by atoms with van der Waals surface area (Å²) in [5.41, 5.74) is 0.331. The van der Waals surface area contributed by atoms with Gasteiger partial charge in [-0.25, -0.2) is 9.59 Å². The summed E-state index contributed by atoms with van der Waals surface area (Å²) in [6.07, 6.45) is 1.49. The van der Waals surface area contributed by atoms with E-state index in [-0.39, 0.29) is 11.7 Å². The Bertz CT molecular complexity index is 822. The molecular formula is C17H19N3O8. The van der Waals surface area contributed by atoms with Gasteiger partial charge in [0.1, 0.15) is 5.76 Å². The van der Waals surface area contributed by atoms with Crippen LogP contribution in [-0.2, 0) is 9.59 Å². The maximum atomic E-state index is 12.2. The molecule has 3 heterocycles. The van der Waals surface area contributed by atoms with Crippen LogP contribution in [0.3, 0.4) is 0 Å². The molecule has 0 spiro atoms. The van der Waals surface area contributed by atoms with Crippen LogP contribution in [0.1, 0.15) is 26.8 Å². The number of amides is 1.